The van der Waals surface area contributed by atoms with Crippen molar-refractivity contribution in [2.75, 3.05) is 12.8 Å². The van der Waals surface area contributed by atoms with E-state index in [1.54, 1.807) is 19.9 Å². The highest BCUT2D eigenvalue weighted by Crippen LogP contribution is 2.34. The smallest absolute Gasteiger partial charge is 0.154 e. The molecule has 0 aliphatic heterocycles. The van der Waals surface area contributed by atoms with E-state index >= 15 is 0 Å². The molecule has 1 N–H and O–H groups in total. The first kappa shape index (κ1) is 17.4. The third-order valence-corrected chi connectivity index (χ3v) is 5.90. The number of nitrogens with one attached hydrogen (secondary N) is 1. The Bertz CT molecular complexity index is 573. The van der Waals surface area contributed by atoms with E-state index in [0.717, 1.165) is 6.42 Å². The van der Waals surface area contributed by atoms with Gasteiger partial charge in [0.2, 0.25) is 0 Å². The van der Waals surface area contributed by atoms with Crippen LogP contribution in [0.3, 0.4) is 0 Å². The summed E-state index contributed by atoms with van der Waals surface area (Å²) >= 11 is 5.75. The van der Waals surface area contributed by atoms with Crippen LogP contribution >= 0.6 is 11.6 Å². The van der Waals surface area contributed by atoms with Gasteiger partial charge < -0.3 is 5.32 Å². The van der Waals surface area contributed by atoms with Crippen molar-refractivity contribution in [1.29, 1.82) is 0 Å². The van der Waals surface area contributed by atoms with Crippen molar-refractivity contribution in [2.24, 2.45) is 0 Å². The molecule has 0 heterocycles. The molecule has 0 saturated carbocycles. The summed E-state index contributed by atoms with van der Waals surface area (Å²) in [6, 6.07) is 3.68. The van der Waals surface area contributed by atoms with E-state index in [1.165, 1.54) is 18.4 Å². The number of rotatable bonds is 6. The van der Waals surface area contributed by atoms with Gasteiger partial charge in [-0.1, -0.05) is 24.6 Å². The van der Waals surface area contributed by atoms with Gasteiger partial charge in [0.1, 0.15) is 5.82 Å². The molecule has 1 atom stereocenters. The Morgan fingerprint density at radius 3 is 2.45 bits per heavy atom. The van der Waals surface area contributed by atoms with Crippen LogP contribution in [0.1, 0.15) is 38.8 Å². The molecule has 20 heavy (non-hydrogen) atoms. The Hall–Kier alpha value is -0.650. The molecule has 1 aromatic rings. The van der Waals surface area contributed by atoms with Gasteiger partial charge in [-0.2, -0.15) is 0 Å². The van der Waals surface area contributed by atoms with Crippen molar-refractivity contribution in [3.63, 3.8) is 0 Å². The Kier molecular flexibility index (Phi) is 5.58. The second-order valence-electron chi connectivity index (χ2n) is 5.43. The van der Waals surface area contributed by atoms with Crippen molar-refractivity contribution in [3.05, 3.63) is 34.6 Å². The van der Waals surface area contributed by atoms with E-state index in [1.807, 2.05) is 6.92 Å². The summed E-state index contributed by atoms with van der Waals surface area (Å²) < 4.78 is 37.0. The lowest BCUT2D eigenvalue weighted by molar-refractivity contribution is 0.406. The number of hydrogen-bond acceptors (Lipinski definition) is 3. The van der Waals surface area contributed by atoms with Crippen LogP contribution in [-0.2, 0) is 9.84 Å². The fourth-order valence-corrected chi connectivity index (χ4v) is 2.77. The quantitative estimate of drug-likeness (QED) is 0.874. The second-order valence-corrected chi connectivity index (χ2v) is 8.46. The summed E-state index contributed by atoms with van der Waals surface area (Å²) in [5.74, 6) is -0.497. The Labute approximate surface area is 125 Å². The van der Waals surface area contributed by atoms with E-state index in [4.69, 9.17) is 11.6 Å². The first-order valence-electron chi connectivity index (χ1n) is 6.49. The molecule has 0 saturated heterocycles. The van der Waals surface area contributed by atoms with Crippen LogP contribution in [0.4, 0.5) is 4.39 Å². The van der Waals surface area contributed by atoms with Gasteiger partial charge in [0, 0.05) is 16.8 Å². The third kappa shape index (κ3) is 3.71. The minimum Gasteiger partial charge on any atom is -0.309 e. The zero-order chi connectivity index (χ0) is 15.6. The highest BCUT2D eigenvalue weighted by molar-refractivity contribution is 7.92. The van der Waals surface area contributed by atoms with Gasteiger partial charge in [-0.05, 0) is 38.9 Å². The molecule has 0 bridgehead atoms. The number of sulfone groups is 1. The van der Waals surface area contributed by atoms with Gasteiger partial charge in [0.05, 0.1) is 10.8 Å². The van der Waals surface area contributed by atoms with Crippen molar-refractivity contribution in [2.45, 2.75) is 38.0 Å². The maximum Gasteiger partial charge on any atom is 0.154 e. The Morgan fingerprint density at radius 1 is 1.40 bits per heavy atom. The molecule has 6 heteroatoms. The highest BCUT2D eigenvalue weighted by Gasteiger charge is 2.40. The molecule has 3 nitrogen and oxygen atoms in total. The van der Waals surface area contributed by atoms with Crippen LogP contribution in [0.15, 0.2) is 18.2 Å². The van der Waals surface area contributed by atoms with Crippen LogP contribution in [0.5, 0.6) is 0 Å². The lowest BCUT2D eigenvalue weighted by Gasteiger charge is -2.34. The molecule has 0 aliphatic rings. The number of hydrogen-bond donors (Lipinski definition) is 1. The largest absolute Gasteiger partial charge is 0.309 e. The van der Waals surface area contributed by atoms with Crippen LogP contribution in [0.2, 0.25) is 5.02 Å². The third-order valence-electron chi connectivity index (χ3n) is 3.52. The van der Waals surface area contributed by atoms with Crippen molar-refractivity contribution in [3.8, 4) is 0 Å². The van der Waals surface area contributed by atoms with E-state index in [2.05, 4.69) is 5.32 Å². The molecule has 0 radical (unpaired) electrons. The van der Waals surface area contributed by atoms with Gasteiger partial charge >= 0.3 is 0 Å². The minimum atomic E-state index is -3.37. The zero-order valence-corrected chi connectivity index (χ0v) is 13.8. The molecule has 0 spiro atoms. The van der Waals surface area contributed by atoms with E-state index in [9.17, 15) is 12.8 Å². The molecule has 1 aromatic carbocycles. The fraction of sp³-hybridized carbons (Fsp3) is 0.571. The summed E-state index contributed by atoms with van der Waals surface area (Å²) in [5.41, 5.74) is 0.318. The first-order valence-corrected chi connectivity index (χ1v) is 8.76. The molecule has 0 amide bonds. The van der Waals surface area contributed by atoms with Gasteiger partial charge in [0.15, 0.2) is 9.84 Å². The first-order chi connectivity index (χ1) is 9.11. The maximum atomic E-state index is 14.1. The standard InChI is InChI=1S/C14H21ClFNO2S/c1-5-8-17-13(14(2,3)20(4,18)19)11-7-6-10(15)9-12(11)16/h6-7,9,13,17H,5,8H2,1-4H3. The van der Waals surface area contributed by atoms with Gasteiger partial charge in [0.25, 0.3) is 0 Å². The van der Waals surface area contributed by atoms with Gasteiger partial charge in [-0.25, -0.2) is 12.8 Å². The number of benzene rings is 1. The van der Waals surface area contributed by atoms with E-state index in [-0.39, 0.29) is 5.02 Å². The highest BCUT2D eigenvalue weighted by atomic mass is 35.5. The van der Waals surface area contributed by atoms with Crippen molar-refractivity contribution < 1.29 is 12.8 Å². The fourth-order valence-electron chi connectivity index (χ4n) is 1.97. The molecule has 114 valence electrons. The number of halogens is 2. The summed E-state index contributed by atoms with van der Waals surface area (Å²) in [5, 5.41) is 3.42. The van der Waals surface area contributed by atoms with Crippen LogP contribution in [0.25, 0.3) is 0 Å². The lowest BCUT2D eigenvalue weighted by Crippen LogP contribution is -2.45. The molecule has 0 fully saturated rings. The van der Waals surface area contributed by atoms with Crippen LogP contribution < -0.4 is 5.32 Å². The average molecular weight is 322 g/mol. The molecule has 0 aromatic heterocycles. The SMILES string of the molecule is CCCNC(c1ccc(Cl)cc1F)C(C)(C)S(C)(=O)=O. The summed E-state index contributed by atoms with van der Waals surface area (Å²) in [4.78, 5) is 0. The predicted molar refractivity (Wildman–Crippen MR) is 81.4 cm³/mol. The van der Waals surface area contributed by atoms with Gasteiger partial charge in [-0.15, -0.1) is 0 Å². The maximum absolute atomic E-state index is 14.1. The predicted octanol–water partition coefficient (Wildman–Crippen LogP) is 3.34. The lowest BCUT2D eigenvalue weighted by atomic mass is 9.94. The van der Waals surface area contributed by atoms with Crippen LogP contribution in [0, 0.1) is 5.82 Å². The Morgan fingerprint density at radius 2 is 2.00 bits per heavy atom. The normalized spacial score (nSPS) is 14.3. The minimum absolute atomic E-state index is 0.289. The molecule has 1 rings (SSSR count). The summed E-state index contributed by atoms with van der Waals surface area (Å²) in [6.45, 7) is 5.77. The van der Waals surface area contributed by atoms with E-state index in [0.29, 0.717) is 12.1 Å². The summed E-state index contributed by atoms with van der Waals surface area (Å²) in [6.07, 6.45) is 1.99. The van der Waals surface area contributed by atoms with Crippen LogP contribution in [-0.4, -0.2) is 26.0 Å². The molecular weight excluding hydrogens is 301 g/mol. The topological polar surface area (TPSA) is 46.2 Å². The van der Waals surface area contributed by atoms with Crippen molar-refractivity contribution >= 4 is 21.4 Å². The average Bonchev–Trinajstić information content (AvgIpc) is 2.30. The second kappa shape index (κ2) is 6.41. The van der Waals surface area contributed by atoms with Gasteiger partial charge in [-0.3, -0.25) is 0 Å². The zero-order valence-electron chi connectivity index (χ0n) is 12.2. The van der Waals surface area contributed by atoms with E-state index < -0.39 is 26.4 Å². The monoisotopic (exact) mass is 321 g/mol. The van der Waals surface area contributed by atoms with Crippen molar-refractivity contribution in [1.82, 2.24) is 5.32 Å². The molecular formula is C14H21ClFNO2S. The summed E-state index contributed by atoms with van der Waals surface area (Å²) in [7, 11) is -3.37. The molecule has 1 unspecified atom stereocenters. The Balaban J connectivity index is 3.32. The molecule has 0 aliphatic carbocycles.